The van der Waals surface area contributed by atoms with Gasteiger partial charge < -0.3 is 10.1 Å². The Morgan fingerprint density at radius 1 is 1.31 bits per heavy atom. The molecule has 0 radical (unpaired) electrons. The van der Waals surface area contributed by atoms with Crippen molar-refractivity contribution in [1.82, 2.24) is 14.9 Å². The van der Waals surface area contributed by atoms with E-state index in [4.69, 9.17) is 4.74 Å². The van der Waals surface area contributed by atoms with Crippen molar-refractivity contribution in [2.75, 3.05) is 31.6 Å². The molecule has 4 aromatic rings. The van der Waals surface area contributed by atoms with Gasteiger partial charge in [-0.3, -0.25) is 4.90 Å². The number of nitrogens with zero attached hydrogens (tertiary/aromatic N) is 3. The van der Waals surface area contributed by atoms with Crippen molar-refractivity contribution < 1.29 is 13.5 Å². The molecule has 3 aromatic heterocycles. The molecule has 0 unspecified atom stereocenters. The van der Waals surface area contributed by atoms with Crippen molar-refractivity contribution in [3.05, 3.63) is 46.4 Å². The summed E-state index contributed by atoms with van der Waals surface area (Å²) >= 11 is 2.89. The number of ether oxygens (including phenoxy) is 1. The number of hydrogen-bond acceptors (Lipinski definition) is 7. The molecule has 166 valence electrons. The minimum Gasteiger partial charge on any atom is -0.379 e. The van der Waals surface area contributed by atoms with Crippen molar-refractivity contribution in [2.45, 2.75) is 31.2 Å². The van der Waals surface area contributed by atoms with Gasteiger partial charge in [0.05, 0.1) is 28.0 Å². The highest BCUT2D eigenvalue weighted by atomic mass is 32.1. The van der Waals surface area contributed by atoms with E-state index in [1.54, 1.807) is 23.6 Å². The smallest absolute Gasteiger partial charge is 0.176 e. The average Bonchev–Trinajstić information content (AvgIpc) is 3.58. The molecule has 0 saturated carbocycles. The highest BCUT2D eigenvalue weighted by Crippen LogP contribution is 2.50. The van der Waals surface area contributed by atoms with E-state index < -0.39 is 11.6 Å². The van der Waals surface area contributed by atoms with Crippen LogP contribution in [0.15, 0.2) is 29.9 Å². The number of fused-ring (bicyclic) bond motifs is 2. The molecule has 9 heteroatoms. The number of benzene rings is 1. The molecule has 1 spiro atoms. The van der Waals surface area contributed by atoms with Crippen LogP contribution in [0.25, 0.3) is 20.4 Å². The van der Waals surface area contributed by atoms with Crippen LogP contribution in [0.2, 0.25) is 0 Å². The Morgan fingerprint density at radius 2 is 2.22 bits per heavy atom. The predicted molar refractivity (Wildman–Crippen MR) is 125 cm³/mol. The van der Waals surface area contributed by atoms with E-state index in [2.05, 4.69) is 33.2 Å². The van der Waals surface area contributed by atoms with Crippen LogP contribution in [0, 0.1) is 11.6 Å². The fourth-order valence-electron chi connectivity index (χ4n) is 5.39. The van der Waals surface area contributed by atoms with Gasteiger partial charge >= 0.3 is 0 Å². The maximum Gasteiger partial charge on any atom is 0.176 e. The molecule has 5 heterocycles. The number of likely N-dealkylation sites (N-methyl/N-ethyl adjacent to an activating group) is 1. The van der Waals surface area contributed by atoms with Gasteiger partial charge in [0.25, 0.3) is 0 Å². The quantitative estimate of drug-likeness (QED) is 0.401. The van der Waals surface area contributed by atoms with Crippen LogP contribution < -0.4 is 5.32 Å². The third kappa shape index (κ3) is 2.98. The maximum absolute atomic E-state index is 15.0. The van der Waals surface area contributed by atoms with Gasteiger partial charge in [-0.1, -0.05) is 6.92 Å². The van der Waals surface area contributed by atoms with Gasteiger partial charge in [0.2, 0.25) is 0 Å². The number of aromatic nitrogens is 2. The summed E-state index contributed by atoms with van der Waals surface area (Å²) in [7, 11) is 0. The van der Waals surface area contributed by atoms with Gasteiger partial charge in [-0.15, -0.1) is 22.7 Å². The minimum atomic E-state index is -0.668. The number of anilines is 2. The molecule has 2 saturated heterocycles. The summed E-state index contributed by atoms with van der Waals surface area (Å²) in [6.07, 6.45) is 3.79. The third-order valence-corrected chi connectivity index (χ3v) is 8.89. The van der Waals surface area contributed by atoms with Crippen LogP contribution in [0.3, 0.4) is 0 Å². The number of hydrogen-bond donors (Lipinski definition) is 1. The summed E-state index contributed by atoms with van der Waals surface area (Å²) in [5, 5.41) is 3.88. The van der Waals surface area contributed by atoms with Crippen LogP contribution >= 0.6 is 22.7 Å². The summed E-state index contributed by atoms with van der Waals surface area (Å²) in [4.78, 5) is 13.3. The van der Waals surface area contributed by atoms with Crippen LogP contribution in [-0.2, 0) is 4.74 Å². The summed E-state index contributed by atoms with van der Waals surface area (Å²) in [6, 6.07) is 5.25. The fraction of sp³-hybridized carbons (Fsp3) is 0.391. The lowest BCUT2D eigenvalue weighted by molar-refractivity contribution is 0.0963. The Labute approximate surface area is 192 Å². The molecule has 0 aliphatic carbocycles. The molecule has 0 bridgehead atoms. The Bertz CT molecular complexity index is 1310. The van der Waals surface area contributed by atoms with Gasteiger partial charge in [0.1, 0.15) is 16.0 Å². The first kappa shape index (κ1) is 20.4. The Morgan fingerprint density at radius 3 is 3.03 bits per heavy atom. The van der Waals surface area contributed by atoms with Crippen molar-refractivity contribution in [2.24, 2.45) is 0 Å². The zero-order valence-electron chi connectivity index (χ0n) is 17.5. The number of likely N-dealkylation sites (tertiary alicyclic amines) is 1. The maximum atomic E-state index is 15.0. The molecule has 2 fully saturated rings. The van der Waals surface area contributed by atoms with Crippen molar-refractivity contribution in [3.8, 4) is 0 Å². The van der Waals surface area contributed by atoms with Gasteiger partial charge in [-0.05, 0) is 44.1 Å². The lowest BCUT2D eigenvalue weighted by Crippen LogP contribution is -2.47. The molecule has 2 aliphatic heterocycles. The Balaban J connectivity index is 1.41. The van der Waals surface area contributed by atoms with E-state index in [1.807, 2.05) is 0 Å². The standard InChI is InChI=1S/C23H22F2N4OS2/c1-2-29-7-4-14(23(29)5-8-30-11-23)17-9-13-16(3-6-26-22(13)32-17)28-20-15(24)10-18-21(19(20)25)27-12-31-18/h3,6,9-10,12,14H,2,4-5,7-8,11H2,1H3,(H,26,28)/t14-,23+/m1/s1. The monoisotopic (exact) mass is 472 g/mol. The molecule has 1 aromatic carbocycles. The van der Waals surface area contributed by atoms with Crippen LogP contribution in [0.4, 0.5) is 20.2 Å². The lowest BCUT2D eigenvalue weighted by Gasteiger charge is -2.37. The SMILES string of the molecule is CCN1CC[C@H](c2cc3c(Nc4c(F)cc5scnc5c4F)ccnc3s2)[C@@]12CCOC2. The molecular formula is C23H22F2N4OS2. The molecule has 1 N–H and O–H groups in total. The second-order valence-corrected chi connectivity index (χ2v) is 10.4. The highest BCUT2D eigenvalue weighted by molar-refractivity contribution is 7.18. The number of thiophene rings is 1. The van der Waals surface area contributed by atoms with E-state index in [0.717, 1.165) is 49.4 Å². The first-order valence-electron chi connectivity index (χ1n) is 10.8. The molecule has 0 amide bonds. The molecule has 32 heavy (non-hydrogen) atoms. The first-order chi connectivity index (χ1) is 15.6. The second kappa shape index (κ2) is 7.69. The second-order valence-electron chi connectivity index (χ2n) is 8.42. The zero-order chi connectivity index (χ0) is 21.9. The summed E-state index contributed by atoms with van der Waals surface area (Å²) in [5.41, 5.74) is 2.21. The van der Waals surface area contributed by atoms with Crippen LogP contribution in [0.1, 0.15) is 30.6 Å². The molecule has 6 rings (SSSR count). The Hall–Kier alpha value is -2.20. The van der Waals surface area contributed by atoms with Crippen molar-refractivity contribution >= 4 is 54.5 Å². The van der Waals surface area contributed by atoms with E-state index >= 15 is 0 Å². The van der Waals surface area contributed by atoms with Gasteiger partial charge in [-0.25, -0.2) is 18.7 Å². The minimum absolute atomic E-state index is 0.0388. The molecule has 2 aliphatic rings. The largest absolute Gasteiger partial charge is 0.379 e. The summed E-state index contributed by atoms with van der Waals surface area (Å²) < 4.78 is 36.1. The van der Waals surface area contributed by atoms with Crippen LogP contribution in [0.5, 0.6) is 0 Å². The third-order valence-electron chi connectivity index (χ3n) is 6.96. The molecular weight excluding hydrogens is 450 g/mol. The highest BCUT2D eigenvalue weighted by Gasteiger charge is 2.51. The molecule has 2 atom stereocenters. The number of nitrogens with one attached hydrogen (secondary N) is 1. The summed E-state index contributed by atoms with van der Waals surface area (Å²) in [6.45, 7) is 5.82. The van der Waals surface area contributed by atoms with Gasteiger partial charge in [-0.2, -0.15) is 0 Å². The van der Waals surface area contributed by atoms with E-state index in [9.17, 15) is 8.78 Å². The summed E-state index contributed by atoms with van der Waals surface area (Å²) in [5.74, 6) is -0.925. The fourth-order valence-corrected chi connectivity index (χ4v) is 7.36. The van der Waals surface area contributed by atoms with E-state index in [-0.39, 0.29) is 16.7 Å². The molecule has 5 nitrogen and oxygen atoms in total. The predicted octanol–water partition coefficient (Wildman–Crippen LogP) is 5.90. The van der Waals surface area contributed by atoms with Crippen molar-refractivity contribution in [1.29, 1.82) is 0 Å². The average molecular weight is 473 g/mol. The first-order valence-corrected chi connectivity index (χ1v) is 12.5. The number of pyridine rings is 1. The Kier molecular flexibility index (Phi) is 4.90. The lowest BCUT2D eigenvalue weighted by atomic mass is 9.82. The van der Waals surface area contributed by atoms with Gasteiger partial charge in [0, 0.05) is 29.0 Å². The van der Waals surface area contributed by atoms with E-state index in [1.165, 1.54) is 27.8 Å². The topological polar surface area (TPSA) is 50.3 Å². The van der Waals surface area contributed by atoms with E-state index in [0.29, 0.717) is 16.3 Å². The number of halogens is 2. The van der Waals surface area contributed by atoms with Gasteiger partial charge in [0.15, 0.2) is 11.6 Å². The zero-order valence-corrected chi connectivity index (χ0v) is 19.2. The number of rotatable bonds is 4. The number of thiazole rings is 1. The van der Waals surface area contributed by atoms with Crippen LogP contribution in [-0.4, -0.2) is 46.7 Å². The van der Waals surface area contributed by atoms with Crippen molar-refractivity contribution in [3.63, 3.8) is 0 Å². The normalized spacial score (nSPS) is 23.8.